The third kappa shape index (κ3) is 10.5. The molecule has 12 rings (SSSR count). The van der Waals surface area contributed by atoms with Crippen molar-refractivity contribution in [3.63, 3.8) is 0 Å². The van der Waals surface area contributed by atoms with E-state index in [1.165, 1.54) is 0 Å². The van der Waals surface area contributed by atoms with Crippen LogP contribution in [0.15, 0.2) is 265 Å². The maximum absolute atomic E-state index is 12.8. The minimum absolute atomic E-state index is 0. The van der Waals surface area contributed by atoms with Gasteiger partial charge in [0.2, 0.25) is 0 Å². The summed E-state index contributed by atoms with van der Waals surface area (Å²) in [7, 11) is 0. The van der Waals surface area contributed by atoms with E-state index in [4.69, 9.17) is 19.9 Å². The molecule has 0 fully saturated rings. The fourth-order valence-corrected chi connectivity index (χ4v) is 10.5. The number of fused-ring (bicyclic) bond motifs is 4. The summed E-state index contributed by atoms with van der Waals surface area (Å²) in [6.45, 7) is 1.08. The van der Waals surface area contributed by atoms with Crippen molar-refractivity contribution in [1.29, 1.82) is 0 Å². The fraction of sp³-hybridized carbons (Fsp3) is 0.0429. The van der Waals surface area contributed by atoms with Gasteiger partial charge in [-0.05, 0) is 88.6 Å². The summed E-state index contributed by atoms with van der Waals surface area (Å²) < 4.78 is 0. The SMILES string of the molecule is CC(=O)O.Oc1c(C=NC(c2ccccc2)C(N=Cc2cc3ccccc3c(-c3c(-c4ccccc4)ccc4ccccc34)c2O)c2ccccc2)cc2ccccc2c1-c1c(-c2ccccc2)ccc2ccccc12.[Mn]. The topological polar surface area (TPSA) is 102 Å². The van der Waals surface area contributed by atoms with Crippen LogP contribution in [0.25, 0.3) is 87.6 Å². The summed E-state index contributed by atoms with van der Waals surface area (Å²) in [5.74, 6) is -0.538. The number of phenols is 2. The molecule has 0 aromatic heterocycles. The Hall–Kier alpha value is -9.39. The molecule has 0 bridgehead atoms. The van der Waals surface area contributed by atoms with Crippen molar-refractivity contribution in [3.8, 4) is 56.0 Å². The quantitative estimate of drug-likeness (QED) is 0.0887. The standard InChI is InChI=1S/C68H48N2O2.C2H4O2.Mn/c71-67-53(41-51-31-15-19-35-57(51)63(67)61-55-33-17-13-25-47(55)37-39-59(61)45-21-5-1-6-22-45)43-69-65(49-27-9-3-10-28-49)66(50-29-11-4-12-30-50)70-44-54-42-52-32-16-20-36-58(52)64(68(54)72)62-56-34-18-14-26-48(56)38-40-60(62)46-23-7-2-8-24-46;1-2(3)4;/h1-44,65-66,71-72H;1H3,(H,3,4);. The molecule has 77 heavy (non-hydrogen) atoms. The average Bonchev–Trinajstić information content (AvgIpc) is 3.57. The number of rotatable bonds is 11. The molecule has 0 amide bonds. The van der Waals surface area contributed by atoms with Crippen LogP contribution in [0.5, 0.6) is 11.5 Å². The van der Waals surface area contributed by atoms with E-state index in [9.17, 15) is 10.2 Å². The van der Waals surface area contributed by atoms with Crippen LogP contribution in [-0.2, 0) is 21.9 Å². The molecule has 0 spiro atoms. The monoisotopic (exact) mass is 1040 g/mol. The summed E-state index contributed by atoms with van der Waals surface area (Å²) in [6, 6.07) is 86.1. The predicted molar refractivity (Wildman–Crippen MR) is 315 cm³/mol. The minimum Gasteiger partial charge on any atom is -0.507 e. The van der Waals surface area contributed by atoms with Crippen LogP contribution in [0.1, 0.15) is 41.3 Å². The van der Waals surface area contributed by atoms with Gasteiger partial charge in [-0.25, -0.2) is 0 Å². The van der Waals surface area contributed by atoms with Gasteiger partial charge in [0.25, 0.3) is 5.97 Å². The first-order valence-electron chi connectivity index (χ1n) is 25.3. The van der Waals surface area contributed by atoms with Gasteiger partial charge in [0.15, 0.2) is 0 Å². The van der Waals surface area contributed by atoms with Gasteiger partial charge in [0.1, 0.15) is 23.6 Å². The molecule has 6 nitrogen and oxygen atoms in total. The Morgan fingerprint density at radius 3 is 1.01 bits per heavy atom. The van der Waals surface area contributed by atoms with E-state index in [1.54, 1.807) is 0 Å². The smallest absolute Gasteiger partial charge is 0.300 e. The summed E-state index contributed by atoms with van der Waals surface area (Å²) >= 11 is 0. The molecule has 12 aromatic carbocycles. The second-order valence-electron chi connectivity index (χ2n) is 18.8. The predicted octanol–water partition coefficient (Wildman–Crippen LogP) is 17.5. The normalized spacial score (nSPS) is 12.1. The molecule has 2 unspecified atom stereocenters. The largest absolute Gasteiger partial charge is 0.507 e. The molecular weight excluding hydrogens is 988 g/mol. The van der Waals surface area contributed by atoms with Crippen LogP contribution in [0.2, 0.25) is 0 Å². The molecule has 2 atom stereocenters. The van der Waals surface area contributed by atoms with E-state index in [-0.39, 0.29) is 28.6 Å². The number of benzene rings is 12. The second kappa shape index (κ2) is 23.0. The van der Waals surface area contributed by atoms with Gasteiger partial charge < -0.3 is 15.3 Å². The van der Waals surface area contributed by atoms with Crippen LogP contribution in [-0.4, -0.2) is 33.7 Å². The number of hydrogen-bond acceptors (Lipinski definition) is 5. The van der Waals surface area contributed by atoms with Crippen molar-refractivity contribution in [2.75, 3.05) is 0 Å². The summed E-state index contributed by atoms with van der Waals surface area (Å²) in [4.78, 5) is 19.9. The molecular formula is C70H52MnN2O4. The Morgan fingerprint density at radius 2 is 0.662 bits per heavy atom. The van der Waals surface area contributed by atoms with Crippen molar-refractivity contribution >= 4 is 61.5 Å². The van der Waals surface area contributed by atoms with Gasteiger partial charge in [-0.3, -0.25) is 14.8 Å². The van der Waals surface area contributed by atoms with E-state index >= 15 is 0 Å². The van der Waals surface area contributed by atoms with E-state index in [0.29, 0.717) is 11.1 Å². The number of phenolic OH excluding ortho intramolecular Hbond substituents is 2. The zero-order valence-electron chi connectivity index (χ0n) is 42.1. The van der Waals surface area contributed by atoms with Crippen molar-refractivity contribution in [3.05, 3.63) is 277 Å². The Morgan fingerprint density at radius 1 is 0.377 bits per heavy atom. The first-order valence-corrected chi connectivity index (χ1v) is 25.3. The molecule has 3 N–H and O–H groups in total. The van der Waals surface area contributed by atoms with Gasteiger partial charge in [-0.1, -0.05) is 243 Å². The number of aliphatic carboxylic acids is 1. The second-order valence-corrected chi connectivity index (χ2v) is 18.8. The van der Waals surface area contributed by atoms with Crippen molar-refractivity contribution in [2.45, 2.75) is 19.0 Å². The molecule has 0 aliphatic carbocycles. The number of carboxylic acids is 1. The summed E-state index contributed by atoms with van der Waals surface area (Å²) in [6.07, 6.45) is 3.64. The van der Waals surface area contributed by atoms with Crippen LogP contribution < -0.4 is 0 Å². The first kappa shape index (κ1) is 51.1. The van der Waals surface area contributed by atoms with Gasteiger partial charge >= 0.3 is 0 Å². The van der Waals surface area contributed by atoms with Crippen molar-refractivity contribution < 1.29 is 37.2 Å². The first-order chi connectivity index (χ1) is 37.3. The zero-order valence-corrected chi connectivity index (χ0v) is 43.3. The van der Waals surface area contributed by atoms with E-state index in [1.807, 2.05) is 97.4 Å². The molecule has 1 radical (unpaired) electrons. The number of carbonyl (C=O) groups is 1. The Kier molecular flexibility index (Phi) is 15.3. The Labute approximate surface area is 458 Å². The summed E-state index contributed by atoms with van der Waals surface area (Å²) in [5.41, 5.74) is 10.7. The van der Waals surface area contributed by atoms with Gasteiger partial charge in [0, 0.05) is 69.8 Å². The van der Waals surface area contributed by atoms with Gasteiger partial charge in [-0.15, -0.1) is 0 Å². The fourth-order valence-electron chi connectivity index (χ4n) is 10.5. The van der Waals surface area contributed by atoms with Crippen LogP contribution in [0, 0.1) is 0 Å². The average molecular weight is 1040 g/mol. The van der Waals surface area contributed by atoms with Gasteiger partial charge in [0.05, 0.1) is 0 Å². The number of nitrogens with zero attached hydrogens (tertiary/aromatic N) is 2. The molecule has 0 saturated carbocycles. The van der Waals surface area contributed by atoms with E-state index < -0.39 is 18.1 Å². The number of aliphatic imine (C=N–C) groups is 2. The molecule has 0 saturated heterocycles. The molecule has 7 heteroatoms. The number of aromatic hydroxyl groups is 2. The maximum atomic E-state index is 12.8. The maximum Gasteiger partial charge on any atom is 0.300 e. The van der Waals surface area contributed by atoms with Crippen molar-refractivity contribution in [1.82, 2.24) is 0 Å². The third-order valence-electron chi connectivity index (χ3n) is 14.0. The Balaban J connectivity index is 0.00000130. The van der Waals surface area contributed by atoms with E-state index in [0.717, 1.165) is 106 Å². The zero-order chi connectivity index (χ0) is 52.0. The number of hydrogen-bond donors (Lipinski definition) is 3. The molecule has 373 valence electrons. The molecule has 0 aliphatic rings. The number of carboxylic acid groups (broad SMARTS) is 1. The summed E-state index contributed by atoms with van der Waals surface area (Å²) in [5, 5.41) is 41.2. The van der Waals surface area contributed by atoms with Gasteiger partial charge in [-0.2, -0.15) is 0 Å². The Bertz CT molecular complexity index is 3860. The molecule has 12 aromatic rings. The van der Waals surface area contributed by atoms with Crippen molar-refractivity contribution in [2.24, 2.45) is 9.98 Å². The minimum atomic E-state index is -0.833. The molecule has 0 aliphatic heterocycles. The third-order valence-corrected chi connectivity index (χ3v) is 14.0. The van der Waals surface area contributed by atoms with Crippen LogP contribution in [0.4, 0.5) is 0 Å². The van der Waals surface area contributed by atoms with E-state index in [2.05, 4.69) is 170 Å². The van der Waals surface area contributed by atoms with Crippen LogP contribution in [0.3, 0.4) is 0 Å². The van der Waals surface area contributed by atoms with Crippen LogP contribution >= 0.6 is 0 Å². The molecule has 0 heterocycles.